The second-order valence-corrected chi connectivity index (χ2v) is 10.2. The van der Waals surface area contributed by atoms with Crippen molar-refractivity contribution in [1.82, 2.24) is 14.5 Å². The zero-order chi connectivity index (χ0) is 25.5. The van der Waals surface area contributed by atoms with Gasteiger partial charge in [-0.2, -0.15) is 0 Å². The molecule has 0 saturated carbocycles. The van der Waals surface area contributed by atoms with Crippen LogP contribution in [-0.4, -0.2) is 64.7 Å². The van der Waals surface area contributed by atoms with Crippen LogP contribution in [0.4, 0.5) is 11.4 Å². The molecule has 10 nitrogen and oxygen atoms in total. The molecular weight excluding hydrogens is 474 g/mol. The van der Waals surface area contributed by atoms with E-state index in [0.29, 0.717) is 36.5 Å². The molecule has 190 valence electrons. The standard InChI is InChI=1S/C27H27N5O5/c1-2-27(36)18-11-21-23-16(12-32(21)25(34)17(18)13-37-26(27)35)15-5-6-28-24-20(4-3-19(29-23)22(15)24)31-9-7-30(14-33)8-10-31/h3-4,11,14,28,36H,2,5-10,12-13H2,1H3. The molecule has 1 aromatic carbocycles. The van der Waals surface area contributed by atoms with Gasteiger partial charge in [-0.15, -0.1) is 0 Å². The van der Waals surface area contributed by atoms with E-state index >= 15 is 0 Å². The molecule has 2 aromatic heterocycles. The highest BCUT2D eigenvalue weighted by atomic mass is 16.6. The molecule has 1 atom stereocenters. The second-order valence-electron chi connectivity index (χ2n) is 10.2. The molecule has 1 amide bonds. The molecule has 0 bridgehead atoms. The van der Waals surface area contributed by atoms with Crippen molar-refractivity contribution in [2.75, 3.05) is 42.9 Å². The summed E-state index contributed by atoms with van der Waals surface area (Å²) in [5.74, 6) is -0.719. The number of hydrogen-bond acceptors (Lipinski definition) is 8. The summed E-state index contributed by atoms with van der Waals surface area (Å²) < 4.78 is 6.89. The molecule has 1 unspecified atom stereocenters. The minimum atomic E-state index is -1.84. The Morgan fingerprint density at radius 3 is 2.73 bits per heavy atom. The predicted molar refractivity (Wildman–Crippen MR) is 137 cm³/mol. The zero-order valence-electron chi connectivity index (χ0n) is 20.5. The first kappa shape index (κ1) is 22.3. The Labute approximate surface area is 212 Å². The lowest BCUT2D eigenvalue weighted by Crippen LogP contribution is -2.46. The summed E-state index contributed by atoms with van der Waals surface area (Å²) >= 11 is 0. The summed E-state index contributed by atoms with van der Waals surface area (Å²) in [6.45, 7) is 5.64. The SMILES string of the molecule is CCC1(O)C(=O)OCc2c1cc1n(c2=O)Cc2c-1nc1ccc(N3CCN(C=O)CC3)c3c1c2CCN3. The predicted octanol–water partition coefficient (Wildman–Crippen LogP) is 1.33. The van der Waals surface area contributed by atoms with Gasteiger partial charge in [-0.1, -0.05) is 6.92 Å². The number of carbonyl (C=O) groups is 2. The van der Waals surface area contributed by atoms with Crippen LogP contribution in [0.5, 0.6) is 0 Å². The summed E-state index contributed by atoms with van der Waals surface area (Å²) in [6, 6.07) is 5.87. The lowest BCUT2D eigenvalue weighted by molar-refractivity contribution is -0.172. The van der Waals surface area contributed by atoms with Crippen molar-refractivity contribution in [2.24, 2.45) is 0 Å². The average molecular weight is 502 g/mol. The van der Waals surface area contributed by atoms with E-state index < -0.39 is 11.6 Å². The highest BCUT2D eigenvalue weighted by Crippen LogP contribution is 2.45. The topological polar surface area (TPSA) is 117 Å². The first-order valence-corrected chi connectivity index (χ1v) is 12.8. The number of rotatable bonds is 3. The molecule has 1 saturated heterocycles. The van der Waals surface area contributed by atoms with Crippen molar-refractivity contribution in [3.05, 3.63) is 50.8 Å². The molecule has 4 aliphatic heterocycles. The monoisotopic (exact) mass is 501 g/mol. The maximum absolute atomic E-state index is 13.6. The quantitative estimate of drug-likeness (QED) is 0.319. The number of amides is 1. The van der Waals surface area contributed by atoms with E-state index in [0.717, 1.165) is 66.0 Å². The Bertz CT molecular complexity index is 1570. The molecular formula is C27H27N5O5. The van der Waals surface area contributed by atoms with Gasteiger partial charge in [0.25, 0.3) is 5.56 Å². The van der Waals surface area contributed by atoms with Crippen molar-refractivity contribution >= 4 is 34.7 Å². The number of ether oxygens (including phenoxy) is 1. The molecule has 0 spiro atoms. The largest absolute Gasteiger partial charge is 0.458 e. The van der Waals surface area contributed by atoms with Gasteiger partial charge in [-0.3, -0.25) is 9.59 Å². The Morgan fingerprint density at radius 2 is 1.97 bits per heavy atom. The van der Waals surface area contributed by atoms with Crippen molar-refractivity contribution in [3.8, 4) is 11.4 Å². The van der Waals surface area contributed by atoms with Gasteiger partial charge in [0, 0.05) is 49.2 Å². The number of carbonyl (C=O) groups excluding carboxylic acids is 2. The Kier molecular flexibility index (Phi) is 4.69. The minimum Gasteiger partial charge on any atom is -0.458 e. The third-order valence-electron chi connectivity index (χ3n) is 8.43. The fourth-order valence-electron chi connectivity index (χ4n) is 6.35. The van der Waals surface area contributed by atoms with Crippen LogP contribution >= 0.6 is 0 Å². The maximum atomic E-state index is 13.6. The Morgan fingerprint density at radius 1 is 1.16 bits per heavy atom. The molecule has 1 fully saturated rings. The van der Waals surface area contributed by atoms with Gasteiger partial charge < -0.3 is 29.5 Å². The number of cyclic esters (lactones) is 1. The van der Waals surface area contributed by atoms with E-state index in [9.17, 15) is 19.5 Å². The first-order chi connectivity index (χ1) is 17.9. The van der Waals surface area contributed by atoms with E-state index in [2.05, 4.69) is 16.3 Å². The summed E-state index contributed by atoms with van der Waals surface area (Å²) in [5, 5.41) is 15.8. The molecule has 4 aliphatic rings. The van der Waals surface area contributed by atoms with E-state index in [1.54, 1.807) is 22.5 Å². The molecule has 3 aromatic rings. The van der Waals surface area contributed by atoms with Gasteiger partial charge in [0.05, 0.1) is 40.4 Å². The number of pyridine rings is 2. The molecule has 0 radical (unpaired) electrons. The summed E-state index contributed by atoms with van der Waals surface area (Å²) in [5.41, 5.74) is 5.15. The average Bonchev–Trinajstić information content (AvgIpc) is 3.31. The van der Waals surface area contributed by atoms with Crippen molar-refractivity contribution < 1.29 is 19.4 Å². The molecule has 0 aliphatic carbocycles. The molecule has 7 rings (SSSR count). The van der Waals surface area contributed by atoms with E-state index in [1.807, 2.05) is 6.07 Å². The summed E-state index contributed by atoms with van der Waals surface area (Å²) in [6.07, 6.45) is 1.83. The fraction of sp³-hybridized carbons (Fsp3) is 0.407. The van der Waals surface area contributed by atoms with Crippen molar-refractivity contribution in [1.29, 1.82) is 0 Å². The number of nitrogens with zero attached hydrogens (tertiary/aromatic N) is 4. The van der Waals surface area contributed by atoms with Crippen LogP contribution in [0.3, 0.4) is 0 Å². The van der Waals surface area contributed by atoms with Crippen LogP contribution < -0.4 is 15.8 Å². The number of aromatic nitrogens is 2. The molecule has 2 N–H and O–H groups in total. The Balaban J connectivity index is 1.40. The van der Waals surface area contributed by atoms with Crippen LogP contribution in [-0.2, 0) is 39.5 Å². The normalized spacial score (nSPS) is 21.7. The van der Waals surface area contributed by atoms with Gasteiger partial charge in [0.2, 0.25) is 6.41 Å². The van der Waals surface area contributed by atoms with Crippen LogP contribution in [0.25, 0.3) is 22.3 Å². The Hall–Kier alpha value is -3.92. The van der Waals surface area contributed by atoms with Gasteiger partial charge in [-0.25, -0.2) is 9.78 Å². The van der Waals surface area contributed by atoms with Crippen LogP contribution in [0.2, 0.25) is 0 Å². The smallest absolute Gasteiger partial charge is 0.343 e. The van der Waals surface area contributed by atoms with Gasteiger partial charge >= 0.3 is 5.97 Å². The van der Waals surface area contributed by atoms with E-state index in [4.69, 9.17) is 9.72 Å². The lowest BCUT2D eigenvalue weighted by Gasteiger charge is -2.36. The number of piperazine rings is 1. The molecule has 37 heavy (non-hydrogen) atoms. The van der Waals surface area contributed by atoms with Crippen molar-refractivity contribution in [2.45, 2.75) is 38.5 Å². The van der Waals surface area contributed by atoms with Crippen LogP contribution in [0.1, 0.15) is 35.6 Å². The second kappa shape index (κ2) is 7.79. The summed E-state index contributed by atoms with van der Waals surface area (Å²) in [7, 11) is 0. The third-order valence-corrected chi connectivity index (χ3v) is 8.43. The van der Waals surface area contributed by atoms with Crippen molar-refractivity contribution in [3.63, 3.8) is 0 Å². The van der Waals surface area contributed by atoms with Crippen LogP contribution in [0, 0.1) is 0 Å². The number of esters is 1. The number of hydrogen-bond donors (Lipinski definition) is 2. The molecule has 6 heterocycles. The number of anilines is 2. The zero-order valence-corrected chi connectivity index (χ0v) is 20.5. The lowest BCUT2D eigenvalue weighted by atomic mass is 9.86. The van der Waals surface area contributed by atoms with Gasteiger partial charge in [-0.05, 0) is 36.6 Å². The number of nitrogens with one attached hydrogen (secondary N) is 1. The number of aliphatic hydroxyl groups is 1. The van der Waals surface area contributed by atoms with Gasteiger partial charge in [0.1, 0.15) is 6.61 Å². The summed E-state index contributed by atoms with van der Waals surface area (Å²) in [4.78, 5) is 46.3. The third kappa shape index (κ3) is 2.96. The van der Waals surface area contributed by atoms with Crippen LogP contribution in [0.15, 0.2) is 23.0 Å². The molecule has 10 heteroatoms. The maximum Gasteiger partial charge on any atom is 0.343 e. The highest BCUT2D eigenvalue weighted by Gasteiger charge is 2.45. The minimum absolute atomic E-state index is 0.115. The highest BCUT2D eigenvalue weighted by molar-refractivity contribution is 6.04. The number of fused-ring (bicyclic) bond motifs is 5. The fourth-order valence-corrected chi connectivity index (χ4v) is 6.35. The van der Waals surface area contributed by atoms with E-state index in [1.165, 1.54) is 5.56 Å². The number of benzene rings is 1. The van der Waals surface area contributed by atoms with Gasteiger partial charge in [0.15, 0.2) is 5.60 Å². The first-order valence-electron chi connectivity index (χ1n) is 12.8. The van der Waals surface area contributed by atoms with E-state index in [-0.39, 0.29) is 18.6 Å².